The molecule has 0 bridgehead atoms. The third-order valence-corrected chi connectivity index (χ3v) is 3.60. The zero-order valence-electron chi connectivity index (χ0n) is 12.6. The Hall–Kier alpha value is -3.15. The number of nitrogens with zero attached hydrogens (tertiary/aromatic N) is 2. The fourth-order valence-electron chi connectivity index (χ4n) is 2.41. The number of nitrogens with two attached hydrogens (primary N) is 1. The quantitative estimate of drug-likeness (QED) is 0.554. The zero-order valence-corrected chi connectivity index (χ0v) is 12.6. The molecule has 2 heterocycles. The second-order valence-electron chi connectivity index (χ2n) is 5.14. The summed E-state index contributed by atoms with van der Waals surface area (Å²) in [5.41, 5.74) is 9.00. The van der Waals surface area contributed by atoms with Gasteiger partial charge in [-0.3, -0.25) is 4.98 Å². The lowest BCUT2D eigenvalue weighted by molar-refractivity contribution is 0.146. The van der Waals surface area contributed by atoms with Crippen molar-refractivity contribution in [2.24, 2.45) is 0 Å². The van der Waals surface area contributed by atoms with Crippen molar-refractivity contribution in [2.45, 2.75) is 6.43 Å². The summed E-state index contributed by atoms with van der Waals surface area (Å²) in [4.78, 5) is 8.31. The van der Waals surface area contributed by atoms with Crippen molar-refractivity contribution in [3.63, 3.8) is 0 Å². The number of rotatable bonds is 4. The summed E-state index contributed by atoms with van der Waals surface area (Å²) in [6.07, 6.45) is 0.118. The zero-order chi connectivity index (χ0) is 17.1. The van der Waals surface area contributed by atoms with Gasteiger partial charge in [0.2, 0.25) is 0 Å². The molecule has 0 radical (unpaired) electrons. The van der Waals surface area contributed by atoms with E-state index in [4.69, 9.17) is 11.1 Å². The van der Waals surface area contributed by atoms with Crippen LogP contribution in [-0.4, -0.2) is 16.2 Å². The van der Waals surface area contributed by atoms with Crippen LogP contribution in [0.5, 0.6) is 0 Å². The maximum Gasteiger partial charge on any atom is 0.280 e. The Bertz CT molecular complexity index is 894. The first-order valence-electron chi connectivity index (χ1n) is 7.21. The highest BCUT2D eigenvalue weighted by Crippen LogP contribution is 2.31. The molecule has 4 nitrogen and oxygen atoms in total. The fourth-order valence-corrected chi connectivity index (χ4v) is 2.41. The number of benzene rings is 1. The van der Waals surface area contributed by atoms with Gasteiger partial charge in [0.1, 0.15) is 5.69 Å². The van der Waals surface area contributed by atoms with Crippen LogP contribution in [-0.2, 0) is 0 Å². The lowest BCUT2D eigenvalue weighted by atomic mass is 9.99. The van der Waals surface area contributed by atoms with E-state index in [9.17, 15) is 8.78 Å². The van der Waals surface area contributed by atoms with Crippen LogP contribution in [0.4, 0.5) is 14.5 Å². The number of pyridine rings is 2. The first-order valence-corrected chi connectivity index (χ1v) is 7.21. The van der Waals surface area contributed by atoms with Crippen molar-refractivity contribution in [1.29, 1.82) is 5.41 Å². The SMILES string of the molecule is N=Cc1cc(-c2cccnc2-c2cccc(C(F)F)n2)ccc1N. The lowest BCUT2D eigenvalue weighted by Gasteiger charge is -2.11. The number of alkyl halides is 2. The van der Waals surface area contributed by atoms with Gasteiger partial charge in [-0.15, -0.1) is 0 Å². The van der Waals surface area contributed by atoms with Crippen LogP contribution >= 0.6 is 0 Å². The molecule has 1 aromatic carbocycles. The van der Waals surface area contributed by atoms with Crippen LogP contribution in [0.1, 0.15) is 17.7 Å². The average Bonchev–Trinajstić information content (AvgIpc) is 2.62. The van der Waals surface area contributed by atoms with E-state index in [1.165, 1.54) is 18.3 Å². The molecule has 24 heavy (non-hydrogen) atoms. The number of hydrogen-bond acceptors (Lipinski definition) is 4. The number of aromatic nitrogens is 2. The molecule has 3 N–H and O–H groups in total. The summed E-state index contributed by atoms with van der Waals surface area (Å²) < 4.78 is 25.8. The van der Waals surface area contributed by atoms with E-state index in [1.807, 2.05) is 6.07 Å². The summed E-state index contributed by atoms with van der Waals surface area (Å²) in [5, 5.41) is 7.42. The molecule has 0 spiro atoms. The van der Waals surface area contributed by atoms with Gasteiger partial charge in [0.25, 0.3) is 6.43 Å². The fraction of sp³-hybridized carbons (Fsp3) is 0.0556. The van der Waals surface area contributed by atoms with E-state index in [2.05, 4.69) is 9.97 Å². The lowest BCUT2D eigenvalue weighted by Crippen LogP contribution is -1.97. The number of anilines is 1. The van der Waals surface area contributed by atoms with Crippen molar-refractivity contribution in [1.82, 2.24) is 9.97 Å². The molecule has 0 fully saturated rings. The molecule has 0 atom stereocenters. The van der Waals surface area contributed by atoms with E-state index in [-0.39, 0.29) is 5.69 Å². The molecule has 2 aromatic heterocycles. The third-order valence-electron chi connectivity index (χ3n) is 3.60. The second kappa shape index (κ2) is 6.54. The maximum atomic E-state index is 12.9. The predicted molar refractivity (Wildman–Crippen MR) is 90.2 cm³/mol. The average molecular weight is 324 g/mol. The predicted octanol–water partition coefficient (Wildman–Crippen LogP) is 4.33. The van der Waals surface area contributed by atoms with Gasteiger partial charge >= 0.3 is 0 Å². The molecule has 120 valence electrons. The third kappa shape index (κ3) is 2.99. The summed E-state index contributed by atoms with van der Waals surface area (Å²) in [6, 6.07) is 13.3. The van der Waals surface area contributed by atoms with Crippen LogP contribution in [0.2, 0.25) is 0 Å². The Kier molecular flexibility index (Phi) is 4.29. The smallest absolute Gasteiger partial charge is 0.280 e. The van der Waals surface area contributed by atoms with Crippen LogP contribution < -0.4 is 5.73 Å². The first-order chi connectivity index (χ1) is 11.6. The van der Waals surface area contributed by atoms with E-state index in [0.29, 0.717) is 22.6 Å². The minimum atomic E-state index is -2.64. The Morgan fingerprint density at radius 1 is 1.08 bits per heavy atom. The molecule has 0 aliphatic heterocycles. The summed E-state index contributed by atoms with van der Waals surface area (Å²) >= 11 is 0. The molecule has 0 saturated carbocycles. The van der Waals surface area contributed by atoms with Crippen molar-refractivity contribution in [3.8, 4) is 22.5 Å². The molecule has 3 aromatic rings. The highest BCUT2D eigenvalue weighted by molar-refractivity contribution is 5.89. The number of halogens is 2. The normalized spacial score (nSPS) is 10.8. The molecule has 0 unspecified atom stereocenters. The van der Waals surface area contributed by atoms with Crippen molar-refractivity contribution < 1.29 is 8.78 Å². The summed E-state index contributed by atoms with van der Waals surface area (Å²) in [6.45, 7) is 0. The highest BCUT2D eigenvalue weighted by atomic mass is 19.3. The topological polar surface area (TPSA) is 75.7 Å². The van der Waals surface area contributed by atoms with Gasteiger partial charge in [-0.05, 0) is 35.9 Å². The maximum absolute atomic E-state index is 12.9. The monoisotopic (exact) mass is 324 g/mol. The molecule has 6 heteroatoms. The standard InChI is InChI=1S/C18H14F2N4/c19-18(20)16-5-1-4-15(24-16)17-13(3-2-8-23-17)11-6-7-14(22)12(9-11)10-21/h1-10,18,21H,22H2. The molecule has 0 saturated heterocycles. The minimum absolute atomic E-state index is 0.290. The summed E-state index contributed by atoms with van der Waals surface area (Å²) in [7, 11) is 0. The van der Waals surface area contributed by atoms with Crippen LogP contribution in [0.15, 0.2) is 54.7 Å². The van der Waals surface area contributed by atoms with Gasteiger partial charge in [0, 0.05) is 29.2 Å². The van der Waals surface area contributed by atoms with Gasteiger partial charge < -0.3 is 11.1 Å². The highest BCUT2D eigenvalue weighted by Gasteiger charge is 2.14. The van der Waals surface area contributed by atoms with Gasteiger partial charge in [-0.2, -0.15) is 0 Å². The molecule has 0 aliphatic carbocycles. The Labute approximate surface area is 137 Å². The van der Waals surface area contributed by atoms with Gasteiger partial charge in [0.05, 0.1) is 11.4 Å². The molecular formula is C18H14F2N4. The van der Waals surface area contributed by atoms with Gasteiger partial charge in [-0.1, -0.05) is 18.2 Å². The van der Waals surface area contributed by atoms with E-state index < -0.39 is 6.43 Å². The van der Waals surface area contributed by atoms with E-state index in [1.54, 1.807) is 36.5 Å². The minimum Gasteiger partial charge on any atom is -0.398 e. The van der Waals surface area contributed by atoms with Crippen molar-refractivity contribution in [2.75, 3.05) is 5.73 Å². The molecular weight excluding hydrogens is 310 g/mol. The number of hydrogen-bond donors (Lipinski definition) is 2. The van der Waals surface area contributed by atoms with E-state index >= 15 is 0 Å². The van der Waals surface area contributed by atoms with Crippen molar-refractivity contribution in [3.05, 3.63) is 66.0 Å². The Morgan fingerprint density at radius 3 is 2.67 bits per heavy atom. The number of nitrogens with one attached hydrogen (secondary N) is 1. The van der Waals surface area contributed by atoms with Crippen molar-refractivity contribution >= 4 is 11.9 Å². The molecule has 0 aliphatic rings. The second-order valence-corrected chi connectivity index (χ2v) is 5.14. The Morgan fingerprint density at radius 2 is 1.92 bits per heavy atom. The number of nitrogen functional groups attached to an aromatic ring is 1. The van der Waals surface area contributed by atoms with Crippen LogP contribution in [0, 0.1) is 5.41 Å². The van der Waals surface area contributed by atoms with Gasteiger partial charge in [0.15, 0.2) is 0 Å². The van der Waals surface area contributed by atoms with E-state index in [0.717, 1.165) is 11.1 Å². The van der Waals surface area contributed by atoms with Gasteiger partial charge in [-0.25, -0.2) is 13.8 Å². The van der Waals surface area contributed by atoms with Crippen LogP contribution in [0.3, 0.4) is 0 Å². The Balaban J connectivity index is 2.15. The summed E-state index contributed by atoms with van der Waals surface area (Å²) in [5.74, 6) is 0. The molecule has 3 rings (SSSR count). The largest absolute Gasteiger partial charge is 0.398 e. The molecule has 0 amide bonds. The van der Waals surface area contributed by atoms with Crippen LogP contribution in [0.25, 0.3) is 22.5 Å². The first kappa shape index (κ1) is 15.7.